The molecule has 0 amide bonds. The second-order valence-corrected chi connectivity index (χ2v) is 6.35. The first kappa shape index (κ1) is 12.9. The third-order valence-corrected chi connectivity index (χ3v) is 3.74. The molecule has 0 saturated heterocycles. The van der Waals surface area contributed by atoms with Gasteiger partial charge in [0.25, 0.3) is 0 Å². The van der Waals surface area contributed by atoms with Gasteiger partial charge in [0.2, 0.25) is 0 Å². The smallest absolute Gasteiger partial charge is 0.137 e. The SMILES string of the molecule is Cc1cccc2nc(-c3ccc(C(C)(C)C)cc3)cn12. The summed E-state index contributed by atoms with van der Waals surface area (Å²) in [7, 11) is 0. The Hall–Kier alpha value is -2.09. The molecule has 3 aromatic rings. The molecule has 0 fully saturated rings. The van der Waals surface area contributed by atoms with Gasteiger partial charge in [0.15, 0.2) is 0 Å². The van der Waals surface area contributed by atoms with Crippen molar-refractivity contribution < 1.29 is 0 Å². The quantitative estimate of drug-likeness (QED) is 0.627. The molecule has 0 aliphatic carbocycles. The Bertz CT molecular complexity index is 743. The van der Waals surface area contributed by atoms with Crippen LogP contribution in [0, 0.1) is 6.92 Å². The third kappa shape index (κ3) is 2.22. The van der Waals surface area contributed by atoms with E-state index in [-0.39, 0.29) is 5.41 Å². The van der Waals surface area contributed by atoms with Gasteiger partial charge >= 0.3 is 0 Å². The summed E-state index contributed by atoms with van der Waals surface area (Å²) in [6.45, 7) is 8.80. The minimum atomic E-state index is 0.189. The Kier molecular flexibility index (Phi) is 2.89. The van der Waals surface area contributed by atoms with Gasteiger partial charge in [0, 0.05) is 17.5 Å². The van der Waals surface area contributed by atoms with E-state index in [0.717, 1.165) is 11.3 Å². The lowest BCUT2D eigenvalue weighted by atomic mass is 9.86. The van der Waals surface area contributed by atoms with E-state index in [1.807, 2.05) is 12.1 Å². The van der Waals surface area contributed by atoms with Crippen molar-refractivity contribution in [3.05, 3.63) is 59.9 Å². The van der Waals surface area contributed by atoms with Gasteiger partial charge in [-0.1, -0.05) is 51.1 Å². The van der Waals surface area contributed by atoms with Gasteiger partial charge in [-0.05, 0) is 30.0 Å². The number of hydrogen-bond donors (Lipinski definition) is 0. The van der Waals surface area contributed by atoms with Crippen LogP contribution in [0.15, 0.2) is 48.7 Å². The van der Waals surface area contributed by atoms with Crippen molar-refractivity contribution in [2.75, 3.05) is 0 Å². The molecule has 2 heterocycles. The minimum Gasteiger partial charge on any atom is -0.304 e. The standard InChI is InChI=1S/C18H20N2/c1-13-6-5-7-17-19-16(12-20(13)17)14-8-10-15(11-9-14)18(2,3)4/h5-12H,1-4H3. The average Bonchev–Trinajstić information content (AvgIpc) is 2.83. The van der Waals surface area contributed by atoms with E-state index < -0.39 is 0 Å². The lowest BCUT2D eigenvalue weighted by Crippen LogP contribution is -2.10. The van der Waals surface area contributed by atoms with Gasteiger partial charge in [0.05, 0.1) is 5.69 Å². The van der Waals surface area contributed by atoms with Crippen molar-refractivity contribution in [3.63, 3.8) is 0 Å². The van der Waals surface area contributed by atoms with Crippen LogP contribution in [0.1, 0.15) is 32.0 Å². The molecule has 0 N–H and O–H groups in total. The minimum absolute atomic E-state index is 0.189. The molecule has 0 saturated carbocycles. The maximum Gasteiger partial charge on any atom is 0.137 e. The number of benzene rings is 1. The topological polar surface area (TPSA) is 17.3 Å². The fraction of sp³-hybridized carbons (Fsp3) is 0.278. The number of aromatic nitrogens is 2. The summed E-state index contributed by atoms with van der Waals surface area (Å²) in [5.41, 5.74) is 5.93. The normalized spacial score (nSPS) is 12.0. The first-order valence-electron chi connectivity index (χ1n) is 7.01. The van der Waals surface area contributed by atoms with Crippen LogP contribution in [0.2, 0.25) is 0 Å². The van der Waals surface area contributed by atoms with Crippen LogP contribution < -0.4 is 0 Å². The Morgan fingerprint density at radius 3 is 2.25 bits per heavy atom. The highest BCUT2D eigenvalue weighted by Gasteiger charge is 2.13. The van der Waals surface area contributed by atoms with Crippen LogP contribution in [-0.2, 0) is 5.41 Å². The van der Waals surface area contributed by atoms with Gasteiger partial charge in [0.1, 0.15) is 5.65 Å². The predicted octanol–water partition coefficient (Wildman–Crippen LogP) is 4.61. The first-order valence-corrected chi connectivity index (χ1v) is 7.01. The van der Waals surface area contributed by atoms with Gasteiger partial charge in [-0.15, -0.1) is 0 Å². The maximum absolute atomic E-state index is 4.70. The number of rotatable bonds is 1. The van der Waals surface area contributed by atoms with Crippen LogP contribution in [0.4, 0.5) is 0 Å². The zero-order valence-corrected chi connectivity index (χ0v) is 12.5. The molecule has 0 aliphatic rings. The molecular weight excluding hydrogens is 244 g/mol. The molecule has 0 radical (unpaired) electrons. The van der Waals surface area contributed by atoms with E-state index in [4.69, 9.17) is 4.98 Å². The van der Waals surface area contributed by atoms with Gasteiger partial charge < -0.3 is 4.40 Å². The van der Waals surface area contributed by atoms with Crippen molar-refractivity contribution in [2.24, 2.45) is 0 Å². The van der Waals surface area contributed by atoms with Gasteiger partial charge in [-0.25, -0.2) is 4.98 Å². The molecule has 0 atom stereocenters. The second kappa shape index (κ2) is 4.48. The number of aryl methyl sites for hydroxylation is 1. The van der Waals surface area contributed by atoms with E-state index >= 15 is 0 Å². The molecule has 2 heteroatoms. The number of pyridine rings is 1. The van der Waals surface area contributed by atoms with E-state index in [9.17, 15) is 0 Å². The summed E-state index contributed by atoms with van der Waals surface area (Å²) in [5.74, 6) is 0. The summed E-state index contributed by atoms with van der Waals surface area (Å²) >= 11 is 0. The van der Waals surface area contributed by atoms with Gasteiger partial charge in [-0.3, -0.25) is 0 Å². The molecular formula is C18H20N2. The number of fused-ring (bicyclic) bond motifs is 1. The van der Waals surface area contributed by atoms with Crippen LogP contribution in [-0.4, -0.2) is 9.38 Å². The van der Waals surface area contributed by atoms with Crippen molar-refractivity contribution in [1.29, 1.82) is 0 Å². The zero-order chi connectivity index (χ0) is 14.3. The molecule has 0 bridgehead atoms. The highest BCUT2D eigenvalue weighted by Crippen LogP contribution is 2.26. The number of hydrogen-bond acceptors (Lipinski definition) is 1. The number of imidazole rings is 1. The fourth-order valence-electron chi connectivity index (χ4n) is 2.43. The van der Waals surface area contributed by atoms with E-state index in [2.05, 4.69) is 68.6 Å². The average molecular weight is 264 g/mol. The first-order chi connectivity index (χ1) is 9.45. The maximum atomic E-state index is 4.70. The second-order valence-electron chi connectivity index (χ2n) is 6.35. The predicted molar refractivity (Wildman–Crippen MR) is 84.1 cm³/mol. The highest BCUT2D eigenvalue weighted by molar-refractivity contribution is 5.63. The molecule has 1 aromatic carbocycles. The third-order valence-electron chi connectivity index (χ3n) is 3.74. The lowest BCUT2D eigenvalue weighted by molar-refractivity contribution is 0.590. The number of nitrogens with zero attached hydrogens (tertiary/aromatic N) is 2. The summed E-state index contributed by atoms with van der Waals surface area (Å²) in [4.78, 5) is 4.70. The highest BCUT2D eigenvalue weighted by atomic mass is 15.0. The van der Waals surface area contributed by atoms with E-state index in [1.54, 1.807) is 0 Å². The monoisotopic (exact) mass is 264 g/mol. The van der Waals surface area contributed by atoms with Crippen molar-refractivity contribution in [1.82, 2.24) is 9.38 Å². The van der Waals surface area contributed by atoms with Crippen LogP contribution in [0.5, 0.6) is 0 Å². The molecule has 2 nitrogen and oxygen atoms in total. The molecule has 0 spiro atoms. The molecule has 0 aliphatic heterocycles. The Morgan fingerprint density at radius 2 is 1.65 bits per heavy atom. The summed E-state index contributed by atoms with van der Waals surface area (Å²) in [5, 5.41) is 0. The van der Waals surface area contributed by atoms with E-state index in [0.29, 0.717) is 0 Å². The molecule has 2 aromatic heterocycles. The Balaban J connectivity index is 2.05. The summed E-state index contributed by atoms with van der Waals surface area (Å²) in [6.07, 6.45) is 2.11. The Labute approximate surface area is 120 Å². The van der Waals surface area contributed by atoms with Crippen molar-refractivity contribution in [3.8, 4) is 11.3 Å². The molecule has 3 rings (SSSR count). The van der Waals surface area contributed by atoms with Gasteiger partial charge in [-0.2, -0.15) is 0 Å². The van der Waals surface area contributed by atoms with Crippen LogP contribution >= 0.6 is 0 Å². The fourth-order valence-corrected chi connectivity index (χ4v) is 2.43. The largest absolute Gasteiger partial charge is 0.304 e. The molecule has 20 heavy (non-hydrogen) atoms. The van der Waals surface area contributed by atoms with Crippen molar-refractivity contribution >= 4 is 5.65 Å². The van der Waals surface area contributed by atoms with E-state index in [1.165, 1.54) is 16.8 Å². The summed E-state index contributed by atoms with van der Waals surface area (Å²) in [6, 6.07) is 14.9. The zero-order valence-electron chi connectivity index (χ0n) is 12.5. The lowest BCUT2D eigenvalue weighted by Gasteiger charge is -2.18. The van der Waals surface area contributed by atoms with Crippen LogP contribution in [0.3, 0.4) is 0 Å². The van der Waals surface area contributed by atoms with Crippen molar-refractivity contribution in [2.45, 2.75) is 33.1 Å². The molecule has 102 valence electrons. The van der Waals surface area contributed by atoms with Crippen LogP contribution in [0.25, 0.3) is 16.9 Å². The Morgan fingerprint density at radius 1 is 0.950 bits per heavy atom. The molecule has 0 unspecified atom stereocenters. The summed E-state index contributed by atoms with van der Waals surface area (Å²) < 4.78 is 2.13.